The molecule has 0 atom stereocenters. The molecule has 1 aliphatic heterocycles. The van der Waals surface area contributed by atoms with E-state index in [4.69, 9.17) is 0 Å². The van der Waals surface area contributed by atoms with Gasteiger partial charge in [-0.2, -0.15) is 0 Å². The summed E-state index contributed by atoms with van der Waals surface area (Å²) in [5.74, 6) is 1.09. The SMILES string of the molecule is c1ccc(CCN2CSc3ccccc32)cc1. The zero-order chi connectivity index (χ0) is 11.5. The number of hydrogen-bond acceptors (Lipinski definition) is 2. The number of nitrogens with zero attached hydrogens (tertiary/aromatic N) is 1. The van der Waals surface area contributed by atoms with Crippen LogP contribution in [0.15, 0.2) is 59.5 Å². The smallest absolute Gasteiger partial charge is 0.0687 e. The van der Waals surface area contributed by atoms with Gasteiger partial charge < -0.3 is 4.90 Å². The Morgan fingerprint density at radius 1 is 0.941 bits per heavy atom. The molecule has 2 heteroatoms. The summed E-state index contributed by atoms with van der Waals surface area (Å²) in [4.78, 5) is 3.88. The molecule has 2 aromatic rings. The maximum Gasteiger partial charge on any atom is 0.0687 e. The highest BCUT2D eigenvalue weighted by atomic mass is 32.2. The number of rotatable bonds is 3. The van der Waals surface area contributed by atoms with Crippen LogP contribution in [0.5, 0.6) is 0 Å². The third kappa shape index (κ3) is 2.32. The monoisotopic (exact) mass is 241 g/mol. The maximum atomic E-state index is 2.47. The van der Waals surface area contributed by atoms with Crippen LogP contribution in [0.2, 0.25) is 0 Å². The van der Waals surface area contributed by atoms with Crippen molar-refractivity contribution >= 4 is 17.4 Å². The summed E-state index contributed by atoms with van der Waals surface area (Å²) in [7, 11) is 0. The second-order valence-corrected chi connectivity index (χ2v) is 5.23. The van der Waals surface area contributed by atoms with Gasteiger partial charge >= 0.3 is 0 Å². The third-order valence-corrected chi connectivity index (χ3v) is 4.19. The summed E-state index contributed by atoms with van der Waals surface area (Å²) in [6.07, 6.45) is 1.12. The van der Waals surface area contributed by atoms with E-state index < -0.39 is 0 Å². The van der Waals surface area contributed by atoms with Gasteiger partial charge in [0.05, 0.1) is 11.6 Å². The molecule has 0 aliphatic carbocycles. The van der Waals surface area contributed by atoms with Gasteiger partial charge in [-0.1, -0.05) is 42.5 Å². The summed E-state index contributed by atoms with van der Waals surface area (Å²) in [5.41, 5.74) is 2.82. The highest BCUT2D eigenvalue weighted by Crippen LogP contribution is 2.37. The summed E-state index contributed by atoms with van der Waals surface area (Å²) < 4.78 is 0. The van der Waals surface area contributed by atoms with Crippen LogP contribution in [0.1, 0.15) is 5.56 Å². The van der Waals surface area contributed by atoms with E-state index in [-0.39, 0.29) is 0 Å². The van der Waals surface area contributed by atoms with Crippen molar-refractivity contribution in [3.63, 3.8) is 0 Å². The van der Waals surface area contributed by atoms with Gasteiger partial charge in [0, 0.05) is 11.4 Å². The van der Waals surface area contributed by atoms with Gasteiger partial charge in [0.25, 0.3) is 0 Å². The van der Waals surface area contributed by atoms with Crippen LogP contribution in [-0.4, -0.2) is 12.4 Å². The van der Waals surface area contributed by atoms with Crippen molar-refractivity contribution in [1.29, 1.82) is 0 Å². The van der Waals surface area contributed by atoms with Crippen molar-refractivity contribution in [3.8, 4) is 0 Å². The first-order valence-electron chi connectivity index (χ1n) is 5.94. The van der Waals surface area contributed by atoms with E-state index in [9.17, 15) is 0 Å². The average molecular weight is 241 g/mol. The van der Waals surface area contributed by atoms with E-state index in [2.05, 4.69) is 59.5 Å². The van der Waals surface area contributed by atoms with Crippen molar-refractivity contribution < 1.29 is 0 Å². The standard InChI is InChI=1S/C15H15NS/c1-2-6-13(7-3-1)10-11-16-12-17-15-9-5-4-8-14(15)16/h1-9H,10-12H2. The number of hydrogen-bond donors (Lipinski definition) is 0. The fraction of sp³-hybridized carbons (Fsp3) is 0.200. The summed E-state index contributed by atoms with van der Waals surface area (Å²) >= 11 is 1.94. The summed E-state index contributed by atoms with van der Waals surface area (Å²) in [5, 5.41) is 0. The topological polar surface area (TPSA) is 3.24 Å². The lowest BCUT2D eigenvalue weighted by Gasteiger charge is -2.18. The number of benzene rings is 2. The largest absolute Gasteiger partial charge is 0.361 e. The molecule has 0 unspecified atom stereocenters. The molecule has 0 saturated heterocycles. The minimum absolute atomic E-state index is 1.09. The summed E-state index contributed by atoms with van der Waals surface area (Å²) in [6, 6.07) is 19.4. The lowest BCUT2D eigenvalue weighted by atomic mass is 10.1. The van der Waals surface area contributed by atoms with Crippen molar-refractivity contribution in [1.82, 2.24) is 0 Å². The van der Waals surface area contributed by atoms with Crippen LogP contribution < -0.4 is 4.90 Å². The molecule has 1 heterocycles. The van der Waals surface area contributed by atoms with Crippen molar-refractivity contribution in [3.05, 3.63) is 60.2 Å². The summed E-state index contributed by atoms with van der Waals surface area (Å²) in [6.45, 7) is 1.11. The third-order valence-electron chi connectivity index (χ3n) is 3.10. The molecule has 0 spiro atoms. The fourth-order valence-corrected chi connectivity index (χ4v) is 3.23. The van der Waals surface area contributed by atoms with Gasteiger partial charge in [0.1, 0.15) is 0 Å². The Morgan fingerprint density at radius 3 is 2.59 bits per heavy atom. The second kappa shape index (κ2) is 4.84. The number of fused-ring (bicyclic) bond motifs is 1. The molecule has 0 saturated carbocycles. The number of thioether (sulfide) groups is 1. The lowest BCUT2D eigenvalue weighted by Crippen LogP contribution is -2.21. The van der Waals surface area contributed by atoms with Crippen molar-refractivity contribution in [2.24, 2.45) is 0 Å². The first-order valence-corrected chi connectivity index (χ1v) is 6.93. The number of para-hydroxylation sites is 1. The van der Waals surface area contributed by atoms with E-state index in [0.29, 0.717) is 0 Å². The van der Waals surface area contributed by atoms with E-state index in [1.165, 1.54) is 16.1 Å². The predicted octanol–water partition coefficient (Wildman–Crippen LogP) is 3.80. The van der Waals surface area contributed by atoms with Gasteiger partial charge in [-0.25, -0.2) is 0 Å². The molecular formula is C15H15NS. The Morgan fingerprint density at radius 2 is 1.71 bits per heavy atom. The molecule has 0 bridgehead atoms. The van der Waals surface area contributed by atoms with Crippen molar-refractivity contribution in [2.75, 3.05) is 17.3 Å². The van der Waals surface area contributed by atoms with Crippen LogP contribution in [0.4, 0.5) is 5.69 Å². The quantitative estimate of drug-likeness (QED) is 0.804. The van der Waals surface area contributed by atoms with Gasteiger partial charge in [0.15, 0.2) is 0 Å². The predicted molar refractivity (Wildman–Crippen MR) is 74.7 cm³/mol. The molecule has 1 nitrogen and oxygen atoms in total. The molecule has 0 fully saturated rings. The minimum atomic E-state index is 1.09. The fourth-order valence-electron chi connectivity index (χ4n) is 2.15. The molecule has 0 N–H and O–H groups in total. The van der Waals surface area contributed by atoms with Crippen LogP contribution in [0, 0.1) is 0 Å². The Hall–Kier alpha value is -1.41. The zero-order valence-electron chi connectivity index (χ0n) is 9.67. The molecule has 86 valence electrons. The normalized spacial score (nSPS) is 13.8. The second-order valence-electron chi connectivity index (χ2n) is 4.24. The van der Waals surface area contributed by atoms with Gasteiger partial charge in [0.2, 0.25) is 0 Å². The Bertz CT molecular complexity index is 495. The molecule has 0 amide bonds. The molecule has 17 heavy (non-hydrogen) atoms. The first-order chi connectivity index (χ1) is 8.43. The van der Waals surface area contributed by atoms with E-state index in [1.54, 1.807) is 0 Å². The van der Waals surface area contributed by atoms with E-state index in [0.717, 1.165) is 18.8 Å². The van der Waals surface area contributed by atoms with E-state index >= 15 is 0 Å². The lowest BCUT2D eigenvalue weighted by molar-refractivity contribution is 0.866. The molecule has 2 aromatic carbocycles. The van der Waals surface area contributed by atoms with Crippen molar-refractivity contribution in [2.45, 2.75) is 11.3 Å². The highest BCUT2D eigenvalue weighted by molar-refractivity contribution is 7.99. The first kappa shape index (κ1) is 10.7. The van der Waals surface area contributed by atoms with Gasteiger partial charge in [-0.15, -0.1) is 11.8 Å². The Kier molecular flexibility index (Phi) is 3.06. The molecule has 3 rings (SSSR count). The van der Waals surface area contributed by atoms with Crippen LogP contribution >= 0.6 is 11.8 Å². The average Bonchev–Trinajstić information content (AvgIpc) is 2.81. The molecule has 0 aromatic heterocycles. The highest BCUT2D eigenvalue weighted by Gasteiger charge is 2.18. The van der Waals surface area contributed by atoms with Gasteiger partial charge in [-0.05, 0) is 24.1 Å². The van der Waals surface area contributed by atoms with Gasteiger partial charge in [-0.3, -0.25) is 0 Å². The maximum absolute atomic E-state index is 2.47. The number of anilines is 1. The Balaban J connectivity index is 1.68. The molecule has 1 aliphatic rings. The zero-order valence-corrected chi connectivity index (χ0v) is 10.5. The van der Waals surface area contributed by atoms with E-state index in [1.807, 2.05) is 11.8 Å². The van der Waals surface area contributed by atoms with Crippen LogP contribution in [0.3, 0.4) is 0 Å². The molecular weight excluding hydrogens is 226 g/mol. The molecule has 0 radical (unpaired) electrons. The minimum Gasteiger partial charge on any atom is -0.361 e. The van der Waals surface area contributed by atoms with Crippen LogP contribution in [-0.2, 0) is 6.42 Å². The van der Waals surface area contributed by atoms with Crippen LogP contribution in [0.25, 0.3) is 0 Å². The Labute approximate surface area is 106 Å².